The number of benzene rings is 2. The van der Waals surface area contributed by atoms with Crippen LogP contribution in [0.1, 0.15) is 23.2 Å². The molecule has 2 aromatic rings. The summed E-state index contributed by atoms with van der Waals surface area (Å²) in [6.07, 6.45) is 2.44. The smallest absolute Gasteiger partial charge is 0.255 e. The third-order valence-electron chi connectivity index (χ3n) is 5.40. The lowest BCUT2D eigenvalue weighted by molar-refractivity contribution is 0.102. The minimum atomic E-state index is -0.115. The van der Waals surface area contributed by atoms with Crippen LogP contribution in [0.5, 0.6) is 5.75 Å². The number of ether oxygens (including phenoxy) is 2. The van der Waals surface area contributed by atoms with Gasteiger partial charge in [-0.05, 0) is 55.3 Å². The SMILES string of the molecule is COc1ccc(C(=O)Nc2cc(N3CCCC3)ccc2N2CCOCC2)cc1. The first kappa shape index (κ1) is 18.6. The van der Waals surface area contributed by atoms with Crippen molar-refractivity contribution in [1.29, 1.82) is 0 Å². The van der Waals surface area contributed by atoms with Crippen molar-refractivity contribution < 1.29 is 14.3 Å². The molecule has 0 saturated carbocycles. The maximum absolute atomic E-state index is 12.9. The fourth-order valence-corrected chi connectivity index (χ4v) is 3.81. The Kier molecular flexibility index (Phi) is 5.67. The fourth-order valence-electron chi connectivity index (χ4n) is 3.81. The molecular formula is C22H27N3O3. The third-order valence-corrected chi connectivity index (χ3v) is 5.40. The second-order valence-corrected chi connectivity index (χ2v) is 7.18. The molecule has 0 aliphatic carbocycles. The standard InChI is InChI=1S/C22H27N3O3/c1-27-19-7-4-17(5-8-19)22(26)23-20-16-18(24-10-2-3-11-24)6-9-21(20)25-12-14-28-15-13-25/h4-9,16H,2-3,10-15H2,1H3,(H,23,26). The van der Waals surface area contributed by atoms with Crippen LogP contribution in [0.4, 0.5) is 17.1 Å². The molecule has 148 valence electrons. The lowest BCUT2D eigenvalue weighted by Gasteiger charge is -2.31. The average Bonchev–Trinajstić information content (AvgIpc) is 3.29. The number of rotatable bonds is 5. The Balaban J connectivity index is 1.61. The molecule has 2 aliphatic rings. The summed E-state index contributed by atoms with van der Waals surface area (Å²) >= 11 is 0. The van der Waals surface area contributed by atoms with Crippen molar-refractivity contribution in [3.8, 4) is 5.75 Å². The van der Waals surface area contributed by atoms with Crippen LogP contribution in [-0.2, 0) is 4.74 Å². The first-order valence-corrected chi connectivity index (χ1v) is 9.92. The van der Waals surface area contributed by atoms with Gasteiger partial charge in [0.25, 0.3) is 5.91 Å². The van der Waals surface area contributed by atoms with Crippen LogP contribution in [0.25, 0.3) is 0 Å². The summed E-state index contributed by atoms with van der Waals surface area (Å²) in [4.78, 5) is 17.5. The van der Waals surface area contributed by atoms with Crippen LogP contribution in [-0.4, -0.2) is 52.4 Å². The molecule has 0 bridgehead atoms. The van der Waals surface area contributed by atoms with E-state index in [4.69, 9.17) is 9.47 Å². The first-order valence-electron chi connectivity index (χ1n) is 9.92. The van der Waals surface area contributed by atoms with Gasteiger partial charge in [0.2, 0.25) is 0 Å². The third kappa shape index (κ3) is 4.07. The highest BCUT2D eigenvalue weighted by atomic mass is 16.5. The molecule has 2 aromatic carbocycles. The van der Waals surface area contributed by atoms with Crippen molar-refractivity contribution in [2.24, 2.45) is 0 Å². The van der Waals surface area contributed by atoms with Gasteiger partial charge in [0.1, 0.15) is 5.75 Å². The summed E-state index contributed by atoms with van der Waals surface area (Å²) < 4.78 is 10.7. The van der Waals surface area contributed by atoms with Gasteiger partial charge in [-0.15, -0.1) is 0 Å². The van der Waals surface area contributed by atoms with Crippen LogP contribution in [0.2, 0.25) is 0 Å². The largest absolute Gasteiger partial charge is 0.497 e. The molecule has 2 heterocycles. The molecule has 0 unspecified atom stereocenters. The fraction of sp³-hybridized carbons (Fsp3) is 0.409. The molecule has 1 N–H and O–H groups in total. The van der Waals surface area contributed by atoms with Gasteiger partial charge in [-0.2, -0.15) is 0 Å². The molecule has 0 radical (unpaired) electrons. The van der Waals surface area contributed by atoms with Crippen LogP contribution < -0.4 is 19.9 Å². The maximum atomic E-state index is 12.9. The Hall–Kier alpha value is -2.73. The number of carbonyl (C=O) groups excluding carboxylic acids is 1. The first-order chi connectivity index (χ1) is 13.7. The van der Waals surface area contributed by atoms with Crippen LogP contribution >= 0.6 is 0 Å². The van der Waals surface area contributed by atoms with Gasteiger partial charge in [0, 0.05) is 37.4 Å². The average molecular weight is 381 g/mol. The molecule has 6 nitrogen and oxygen atoms in total. The van der Waals surface area contributed by atoms with Crippen molar-refractivity contribution in [3.05, 3.63) is 48.0 Å². The van der Waals surface area contributed by atoms with Crippen LogP contribution in [0.3, 0.4) is 0 Å². The monoisotopic (exact) mass is 381 g/mol. The van der Waals surface area contributed by atoms with Gasteiger partial charge in [-0.1, -0.05) is 0 Å². The summed E-state index contributed by atoms with van der Waals surface area (Å²) in [5.41, 5.74) is 3.68. The Bertz CT molecular complexity index is 810. The Morgan fingerprint density at radius 2 is 1.68 bits per heavy atom. The number of nitrogens with zero attached hydrogens (tertiary/aromatic N) is 2. The second kappa shape index (κ2) is 8.52. The predicted molar refractivity (Wildman–Crippen MR) is 112 cm³/mol. The number of nitrogens with one attached hydrogen (secondary N) is 1. The van der Waals surface area contributed by atoms with E-state index in [1.54, 1.807) is 31.4 Å². The minimum absolute atomic E-state index is 0.115. The van der Waals surface area contributed by atoms with E-state index in [0.29, 0.717) is 18.8 Å². The Labute approximate surface area is 166 Å². The highest BCUT2D eigenvalue weighted by Crippen LogP contribution is 2.33. The molecule has 28 heavy (non-hydrogen) atoms. The summed E-state index contributed by atoms with van der Waals surface area (Å²) in [7, 11) is 1.62. The van der Waals surface area contributed by atoms with Crippen LogP contribution in [0, 0.1) is 0 Å². The van der Waals surface area contributed by atoms with E-state index < -0.39 is 0 Å². The molecule has 4 rings (SSSR count). The second-order valence-electron chi connectivity index (χ2n) is 7.18. The van der Waals surface area contributed by atoms with Gasteiger partial charge in [0.15, 0.2) is 0 Å². The van der Waals surface area contributed by atoms with Gasteiger partial charge >= 0.3 is 0 Å². The summed E-state index contributed by atoms with van der Waals surface area (Å²) in [6, 6.07) is 13.6. The van der Waals surface area contributed by atoms with Gasteiger partial charge in [-0.3, -0.25) is 4.79 Å². The van der Waals surface area contributed by atoms with Gasteiger partial charge in [0.05, 0.1) is 31.7 Å². The zero-order valence-corrected chi connectivity index (χ0v) is 16.3. The zero-order chi connectivity index (χ0) is 19.3. The number of hydrogen-bond donors (Lipinski definition) is 1. The number of hydrogen-bond acceptors (Lipinski definition) is 5. The number of anilines is 3. The van der Waals surface area contributed by atoms with Crippen molar-refractivity contribution in [3.63, 3.8) is 0 Å². The zero-order valence-electron chi connectivity index (χ0n) is 16.3. The molecule has 1 amide bonds. The summed E-state index contributed by atoms with van der Waals surface area (Å²) in [5, 5.41) is 3.14. The van der Waals surface area contributed by atoms with Crippen molar-refractivity contribution in [2.75, 3.05) is 61.6 Å². The molecule has 0 spiro atoms. The van der Waals surface area contributed by atoms with E-state index in [1.165, 1.54) is 18.5 Å². The lowest BCUT2D eigenvalue weighted by atomic mass is 10.1. The summed E-state index contributed by atoms with van der Waals surface area (Å²) in [6.45, 7) is 5.22. The van der Waals surface area contributed by atoms with Crippen molar-refractivity contribution in [2.45, 2.75) is 12.8 Å². The topological polar surface area (TPSA) is 54.0 Å². The minimum Gasteiger partial charge on any atom is -0.497 e. The highest BCUT2D eigenvalue weighted by molar-refractivity contribution is 6.06. The molecule has 2 aliphatic heterocycles. The molecule has 2 fully saturated rings. The molecule has 6 heteroatoms. The van der Waals surface area contributed by atoms with Crippen molar-refractivity contribution >= 4 is 23.0 Å². The quantitative estimate of drug-likeness (QED) is 0.860. The van der Waals surface area contributed by atoms with Gasteiger partial charge < -0.3 is 24.6 Å². The summed E-state index contributed by atoms with van der Waals surface area (Å²) in [5.74, 6) is 0.623. The Morgan fingerprint density at radius 1 is 0.964 bits per heavy atom. The Morgan fingerprint density at radius 3 is 2.36 bits per heavy atom. The molecular weight excluding hydrogens is 354 g/mol. The molecule has 0 aromatic heterocycles. The van der Waals surface area contributed by atoms with E-state index in [0.717, 1.165) is 43.3 Å². The number of carbonyl (C=O) groups is 1. The van der Waals surface area contributed by atoms with E-state index in [2.05, 4.69) is 33.3 Å². The van der Waals surface area contributed by atoms with Gasteiger partial charge in [-0.25, -0.2) is 0 Å². The van der Waals surface area contributed by atoms with E-state index >= 15 is 0 Å². The number of amides is 1. The van der Waals surface area contributed by atoms with E-state index in [-0.39, 0.29) is 5.91 Å². The maximum Gasteiger partial charge on any atom is 0.255 e. The molecule has 2 saturated heterocycles. The lowest BCUT2D eigenvalue weighted by Crippen LogP contribution is -2.36. The molecule has 0 atom stereocenters. The van der Waals surface area contributed by atoms with Crippen LogP contribution in [0.15, 0.2) is 42.5 Å². The number of methoxy groups -OCH3 is 1. The van der Waals surface area contributed by atoms with E-state index in [9.17, 15) is 4.79 Å². The predicted octanol–water partition coefficient (Wildman–Crippen LogP) is 3.38. The highest BCUT2D eigenvalue weighted by Gasteiger charge is 2.20. The van der Waals surface area contributed by atoms with E-state index in [1.807, 2.05) is 0 Å². The number of morpholine rings is 1. The van der Waals surface area contributed by atoms with Crippen molar-refractivity contribution in [1.82, 2.24) is 0 Å². The normalized spacial score (nSPS) is 16.9.